The fourth-order valence-electron chi connectivity index (χ4n) is 2.19. The predicted octanol–water partition coefficient (Wildman–Crippen LogP) is 1.62. The van der Waals surface area contributed by atoms with Gasteiger partial charge in [0.05, 0.1) is 24.5 Å². The van der Waals surface area contributed by atoms with E-state index in [-0.39, 0.29) is 50.1 Å². The van der Waals surface area contributed by atoms with Crippen LogP contribution in [-0.4, -0.2) is 57.9 Å². The van der Waals surface area contributed by atoms with E-state index < -0.39 is 17.8 Å². The van der Waals surface area contributed by atoms with Crippen molar-refractivity contribution in [2.24, 2.45) is 17.8 Å². The Morgan fingerprint density at radius 1 is 0.833 bits per heavy atom. The monoisotopic (exact) mass is 346 g/mol. The molecule has 3 unspecified atom stereocenters. The summed E-state index contributed by atoms with van der Waals surface area (Å²) >= 11 is 0. The average Bonchev–Trinajstić information content (AvgIpc) is 2.57. The summed E-state index contributed by atoms with van der Waals surface area (Å²) in [5.74, 6) is -2.98. The fraction of sp³-hybridized carbons (Fsp3) is 0.824. The summed E-state index contributed by atoms with van der Waals surface area (Å²) in [6.45, 7) is 6.84. The molecule has 0 aliphatic heterocycles. The lowest BCUT2D eigenvalue weighted by Crippen LogP contribution is -2.35. The first-order valence-electron chi connectivity index (χ1n) is 8.03. The van der Waals surface area contributed by atoms with Crippen LogP contribution in [0.5, 0.6) is 0 Å². The lowest BCUT2D eigenvalue weighted by Gasteiger charge is -2.19. The van der Waals surface area contributed by atoms with Gasteiger partial charge in [0.25, 0.3) is 0 Å². The van der Waals surface area contributed by atoms with E-state index >= 15 is 0 Å². The maximum atomic E-state index is 12.4. The SMILES string of the molecule is COCOCC(C)C(=O)C(C)C(=O)C(C)C(=O)C[C@H](C)OCOC. The summed E-state index contributed by atoms with van der Waals surface area (Å²) in [5.41, 5.74) is 0. The molecular formula is C17H30O7. The number of ketones is 3. The Morgan fingerprint density at radius 2 is 1.42 bits per heavy atom. The molecule has 7 heteroatoms. The molecule has 0 radical (unpaired) electrons. The van der Waals surface area contributed by atoms with Gasteiger partial charge in [0.2, 0.25) is 0 Å². The van der Waals surface area contributed by atoms with Crippen LogP contribution in [0.2, 0.25) is 0 Å². The molecule has 0 heterocycles. The fourth-order valence-corrected chi connectivity index (χ4v) is 2.19. The van der Waals surface area contributed by atoms with E-state index in [4.69, 9.17) is 18.9 Å². The van der Waals surface area contributed by atoms with Crippen LogP contribution in [0.1, 0.15) is 34.1 Å². The van der Waals surface area contributed by atoms with Crippen molar-refractivity contribution in [3.05, 3.63) is 0 Å². The quantitative estimate of drug-likeness (QED) is 0.268. The van der Waals surface area contributed by atoms with Crippen LogP contribution in [0.15, 0.2) is 0 Å². The second-order valence-corrected chi connectivity index (χ2v) is 5.98. The van der Waals surface area contributed by atoms with Crippen LogP contribution in [0.4, 0.5) is 0 Å². The normalized spacial score (nSPS) is 16.2. The van der Waals surface area contributed by atoms with Gasteiger partial charge in [-0.15, -0.1) is 0 Å². The van der Waals surface area contributed by atoms with Crippen LogP contribution in [-0.2, 0) is 33.3 Å². The Morgan fingerprint density at radius 3 is 1.96 bits per heavy atom. The smallest absolute Gasteiger partial charge is 0.153 e. The van der Waals surface area contributed by atoms with Crippen molar-refractivity contribution in [3.63, 3.8) is 0 Å². The molecule has 0 aromatic carbocycles. The molecule has 0 aromatic heterocycles. The first kappa shape index (κ1) is 22.9. The van der Waals surface area contributed by atoms with Crippen LogP contribution in [0, 0.1) is 17.8 Å². The molecule has 4 atom stereocenters. The maximum Gasteiger partial charge on any atom is 0.153 e. The van der Waals surface area contributed by atoms with Crippen molar-refractivity contribution in [1.82, 2.24) is 0 Å². The molecule has 0 amide bonds. The van der Waals surface area contributed by atoms with Crippen LogP contribution >= 0.6 is 0 Å². The van der Waals surface area contributed by atoms with Gasteiger partial charge in [-0.25, -0.2) is 0 Å². The molecule has 0 spiro atoms. The Hall–Kier alpha value is -1.15. The van der Waals surface area contributed by atoms with Gasteiger partial charge in [0.1, 0.15) is 25.2 Å². The van der Waals surface area contributed by atoms with Crippen molar-refractivity contribution in [1.29, 1.82) is 0 Å². The summed E-state index contributed by atoms with van der Waals surface area (Å²) < 4.78 is 19.9. The molecule has 140 valence electrons. The summed E-state index contributed by atoms with van der Waals surface area (Å²) in [4.78, 5) is 36.8. The van der Waals surface area contributed by atoms with Crippen LogP contribution in [0.25, 0.3) is 0 Å². The number of methoxy groups -OCH3 is 2. The van der Waals surface area contributed by atoms with Crippen LogP contribution in [0.3, 0.4) is 0 Å². The molecule has 0 rings (SSSR count). The minimum absolute atomic E-state index is 0.0879. The molecule has 0 aliphatic rings. The first-order chi connectivity index (χ1) is 11.3. The number of carbonyl (C=O) groups excluding carboxylic acids is 3. The highest BCUT2D eigenvalue weighted by atomic mass is 16.7. The zero-order chi connectivity index (χ0) is 18.7. The summed E-state index contributed by atoms with van der Waals surface area (Å²) in [5, 5.41) is 0. The topological polar surface area (TPSA) is 88.1 Å². The highest BCUT2D eigenvalue weighted by Crippen LogP contribution is 2.16. The van der Waals surface area contributed by atoms with Crippen molar-refractivity contribution < 1.29 is 33.3 Å². The van der Waals surface area contributed by atoms with Gasteiger partial charge in [-0.1, -0.05) is 6.92 Å². The van der Waals surface area contributed by atoms with E-state index in [0.717, 1.165) is 0 Å². The Labute approximate surface area is 144 Å². The minimum atomic E-state index is -0.847. The molecule has 0 N–H and O–H groups in total. The second kappa shape index (κ2) is 12.2. The van der Waals surface area contributed by atoms with Gasteiger partial charge >= 0.3 is 0 Å². The van der Waals surface area contributed by atoms with E-state index in [1.165, 1.54) is 28.1 Å². The zero-order valence-corrected chi connectivity index (χ0v) is 15.5. The van der Waals surface area contributed by atoms with Crippen LogP contribution < -0.4 is 0 Å². The molecule has 0 aliphatic carbocycles. The van der Waals surface area contributed by atoms with E-state index in [2.05, 4.69) is 0 Å². The lowest BCUT2D eigenvalue weighted by molar-refractivity contribution is -0.141. The molecule has 0 bridgehead atoms. The number of Topliss-reactive ketones (excluding diaryl/α,β-unsaturated/α-hetero) is 3. The number of carbonyl (C=O) groups is 3. The number of rotatable bonds is 14. The third-order valence-electron chi connectivity index (χ3n) is 3.78. The largest absolute Gasteiger partial charge is 0.359 e. The van der Waals surface area contributed by atoms with Gasteiger partial charge in [0.15, 0.2) is 5.78 Å². The number of hydrogen-bond donors (Lipinski definition) is 0. The van der Waals surface area contributed by atoms with Crippen molar-refractivity contribution in [3.8, 4) is 0 Å². The van der Waals surface area contributed by atoms with Gasteiger partial charge in [0, 0.05) is 26.6 Å². The van der Waals surface area contributed by atoms with Crippen molar-refractivity contribution >= 4 is 17.3 Å². The van der Waals surface area contributed by atoms with E-state index in [1.54, 1.807) is 13.8 Å². The molecular weight excluding hydrogens is 316 g/mol. The summed E-state index contributed by atoms with van der Waals surface area (Å²) in [6, 6.07) is 0. The van der Waals surface area contributed by atoms with Crippen molar-refractivity contribution in [2.75, 3.05) is 34.4 Å². The molecule has 0 aromatic rings. The van der Waals surface area contributed by atoms with E-state index in [1.807, 2.05) is 0 Å². The Kier molecular flexibility index (Phi) is 11.7. The van der Waals surface area contributed by atoms with Gasteiger partial charge in [-0.05, 0) is 20.8 Å². The van der Waals surface area contributed by atoms with Crippen molar-refractivity contribution in [2.45, 2.75) is 40.2 Å². The lowest BCUT2D eigenvalue weighted by atomic mass is 9.84. The minimum Gasteiger partial charge on any atom is -0.359 e. The summed E-state index contributed by atoms with van der Waals surface area (Å²) in [7, 11) is 2.98. The second-order valence-electron chi connectivity index (χ2n) is 5.98. The number of hydrogen-bond acceptors (Lipinski definition) is 7. The maximum absolute atomic E-state index is 12.4. The predicted molar refractivity (Wildman–Crippen MR) is 87.4 cm³/mol. The van der Waals surface area contributed by atoms with E-state index in [9.17, 15) is 14.4 Å². The van der Waals surface area contributed by atoms with E-state index in [0.29, 0.717) is 0 Å². The Balaban J connectivity index is 4.53. The third kappa shape index (κ3) is 8.10. The van der Waals surface area contributed by atoms with Gasteiger partial charge in [-0.2, -0.15) is 0 Å². The van der Waals surface area contributed by atoms with Gasteiger partial charge < -0.3 is 18.9 Å². The summed E-state index contributed by atoms with van der Waals surface area (Å²) in [6.07, 6.45) is -0.246. The highest BCUT2D eigenvalue weighted by molar-refractivity contribution is 6.11. The molecule has 24 heavy (non-hydrogen) atoms. The third-order valence-corrected chi connectivity index (χ3v) is 3.78. The Bertz CT molecular complexity index is 408. The molecule has 0 saturated heterocycles. The molecule has 0 saturated carbocycles. The first-order valence-corrected chi connectivity index (χ1v) is 8.03. The standard InChI is InChI=1S/C17H30O7/c1-11(8-23-9-21-5)16(19)14(4)17(20)13(3)15(18)7-12(2)24-10-22-6/h11-14H,7-10H2,1-6H3/t11?,12-,13?,14?/m0/s1. The number of ether oxygens (including phenoxy) is 4. The van der Waals surface area contributed by atoms with Gasteiger partial charge in [-0.3, -0.25) is 14.4 Å². The molecule has 7 nitrogen and oxygen atoms in total. The zero-order valence-electron chi connectivity index (χ0n) is 15.5. The highest BCUT2D eigenvalue weighted by Gasteiger charge is 2.32. The average molecular weight is 346 g/mol. The molecule has 0 fully saturated rings.